The number of methoxy groups -OCH3 is 1. The van der Waals surface area contributed by atoms with Crippen LogP contribution in [0.5, 0.6) is 11.5 Å². The van der Waals surface area contributed by atoms with Crippen molar-refractivity contribution in [1.82, 2.24) is 0 Å². The Hall–Kier alpha value is -0.870. The van der Waals surface area contributed by atoms with Crippen LogP contribution in [0.3, 0.4) is 0 Å². The number of fused-ring (bicyclic) bond motifs is 1. The molecule has 3 rings (SSSR count). The molecule has 0 radical (unpaired) electrons. The van der Waals surface area contributed by atoms with Crippen molar-refractivity contribution in [2.24, 2.45) is 5.73 Å². The molecule has 18 heavy (non-hydrogen) atoms. The number of benzene rings is 1. The fourth-order valence-electron chi connectivity index (χ4n) is 2.87. The summed E-state index contributed by atoms with van der Waals surface area (Å²) in [6.07, 6.45) is 3.14. The van der Waals surface area contributed by atoms with Crippen molar-refractivity contribution in [1.29, 1.82) is 0 Å². The summed E-state index contributed by atoms with van der Waals surface area (Å²) in [5.74, 6) is 4.10. The Balaban J connectivity index is 1.94. The molecule has 1 fully saturated rings. The van der Waals surface area contributed by atoms with Gasteiger partial charge in [-0.25, -0.2) is 0 Å². The number of hydrogen-bond acceptors (Lipinski definition) is 4. The fourth-order valence-corrected chi connectivity index (χ4v) is 4.11. The molecule has 0 bridgehead atoms. The first kappa shape index (κ1) is 12.2. The maximum atomic E-state index is 6.32. The minimum atomic E-state index is -0.0377. The van der Waals surface area contributed by atoms with E-state index in [1.54, 1.807) is 7.11 Å². The van der Waals surface area contributed by atoms with Crippen molar-refractivity contribution >= 4 is 11.8 Å². The Kier molecular flexibility index (Phi) is 3.16. The first-order valence-corrected chi connectivity index (χ1v) is 7.58. The van der Waals surface area contributed by atoms with Gasteiger partial charge in [0.25, 0.3) is 0 Å². The number of nitrogens with two attached hydrogens (primary N) is 1. The number of thioether (sulfide) groups is 1. The summed E-state index contributed by atoms with van der Waals surface area (Å²) in [7, 11) is 1.68. The van der Waals surface area contributed by atoms with Gasteiger partial charge in [-0.05, 0) is 30.4 Å². The fraction of sp³-hybridized carbons (Fsp3) is 0.571. The Labute approximate surface area is 112 Å². The Morgan fingerprint density at radius 1 is 1.39 bits per heavy atom. The molecule has 2 aliphatic heterocycles. The summed E-state index contributed by atoms with van der Waals surface area (Å²) in [4.78, 5) is 0. The molecule has 1 aromatic carbocycles. The van der Waals surface area contributed by atoms with E-state index in [0.717, 1.165) is 36.3 Å². The quantitative estimate of drug-likeness (QED) is 0.848. The van der Waals surface area contributed by atoms with Crippen LogP contribution in [0, 0.1) is 0 Å². The molecule has 2 aliphatic rings. The van der Waals surface area contributed by atoms with E-state index in [4.69, 9.17) is 15.2 Å². The van der Waals surface area contributed by atoms with Gasteiger partial charge in [-0.3, -0.25) is 0 Å². The van der Waals surface area contributed by atoms with Gasteiger partial charge in [-0.15, -0.1) is 0 Å². The SMILES string of the molecule is COc1ccc2c(c1)OC1(CCSCC1)C[C@@H]2N. The zero-order valence-corrected chi connectivity index (χ0v) is 11.5. The lowest BCUT2D eigenvalue weighted by Gasteiger charge is -2.43. The maximum absolute atomic E-state index is 6.32. The zero-order chi connectivity index (χ0) is 12.6. The lowest BCUT2D eigenvalue weighted by Crippen LogP contribution is -2.45. The third-order valence-electron chi connectivity index (χ3n) is 3.94. The second-order valence-corrected chi connectivity index (χ2v) is 6.34. The maximum Gasteiger partial charge on any atom is 0.128 e. The molecule has 0 aromatic heterocycles. The lowest BCUT2D eigenvalue weighted by atomic mass is 9.83. The monoisotopic (exact) mass is 265 g/mol. The third kappa shape index (κ3) is 2.08. The van der Waals surface area contributed by atoms with Crippen LogP contribution in [0.2, 0.25) is 0 Å². The average molecular weight is 265 g/mol. The molecule has 0 amide bonds. The van der Waals surface area contributed by atoms with E-state index in [1.807, 2.05) is 30.0 Å². The topological polar surface area (TPSA) is 44.5 Å². The Morgan fingerprint density at radius 2 is 2.17 bits per heavy atom. The molecule has 1 saturated heterocycles. The highest BCUT2D eigenvalue weighted by atomic mass is 32.2. The van der Waals surface area contributed by atoms with Gasteiger partial charge < -0.3 is 15.2 Å². The summed E-state index contributed by atoms with van der Waals surface area (Å²) >= 11 is 2.01. The van der Waals surface area contributed by atoms with E-state index in [1.165, 1.54) is 11.5 Å². The van der Waals surface area contributed by atoms with Gasteiger partial charge in [-0.2, -0.15) is 11.8 Å². The summed E-state index contributed by atoms with van der Waals surface area (Å²) in [6, 6.07) is 6.04. The molecule has 98 valence electrons. The standard InChI is InChI=1S/C14H19NO2S/c1-16-10-2-3-11-12(15)9-14(17-13(11)8-10)4-6-18-7-5-14/h2-3,8,12H,4-7,9,15H2,1H3/t12-/m0/s1. The van der Waals surface area contributed by atoms with Crippen molar-refractivity contribution in [3.05, 3.63) is 23.8 Å². The second kappa shape index (κ2) is 4.67. The minimum absolute atomic E-state index is 0.0377. The first-order chi connectivity index (χ1) is 8.72. The summed E-state index contributed by atoms with van der Waals surface area (Å²) in [5.41, 5.74) is 7.39. The molecule has 2 heterocycles. The van der Waals surface area contributed by atoms with Gasteiger partial charge in [0.2, 0.25) is 0 Å². The van der Waals surface area contributed by atoms with E-state index in [0.29, 0.717) is 0 Å². The van der Waals surface area contributed by atoms with Crippen LogP contribution in [-0.4, -0.2) is 24.2 Å². The predicted octanol–water partition coefficient (Wildman–Crippen LogP) is 2.74. The van der Waals surface area contributed by atoms with Crippen molar-refractivity contribution in [3.8, 4) is 11.5 Å². The van der Waals surface area contributed by atoms with Gasteiger partial charge in [0, 0.05) is 24.1 Å². The van der Waals surface area contributed by atoms with Crippen LogP contribution < -0.4 is 15.2 Å². The smallest absolute Gasteiger partial charge is 0.128 e. The van der Waals surface area contributed by atoms with Crippen LogP contribution in [-0.2, 0) is 0 Å². The molecule has 4 heteroatoms. The normalized spacial score (nSPS) is 25.3. The van der Waals surface area contributed by atoms with E-state index >= 15 is 0 Å². The lowest BCUT2D eigenvalue weighted by molar-refractivity contribution is 0.0277. The van der Waals surface area contributed by atoms with E-state index in [9.17, 15) is 0 Å². The van der Waals surface area contributed by atoms with Crippen LogP contribution in [0.25, 0.3) is 0 Å². The van der Waals surface area contributed by atoms with Gasteiger partial charge in [0.1, 0.15) is 17.1 Å². The second-order valence-electron chi connectivity index (χ2n) is 5.11. The molecule has 1 aromatic rings. The minimum Gasteiger partial charge on any atom is -0.497 e. The summed E-state index contributed by atoms with van der Waals surface area (Å²) in [6.45, 7) is 0. The molecule has 0 aliphatic carbocycles. The van der Waals surface area contributed by atoms with Gasteiger partial charge in [0.05, 0.1) is 7.11 Å². The van der Waals surface area contributed by atoms with Gasteiger partial charge in [0.15, 0.2) is 0 Å². The molecular weight excluding hydrogens is 246 g/mol. The van der Waals surface area contributed by atoms with E-state index in [-0.39, 0.29) is 11.6 Å². The highest BCUT2D eigenvalue weighted by molar-refractivity contribution is 7.99. The average Bonchev–Trinajstić information content (AvgIpc) is 2.38. The van der Waals surface area contributed by atoms with E-state index in [2.05, 4.69) is 0 Å². The molecule has 2 N–H and O–H groups in total. The van der Waals surface area contributed by atoms with Gasteiger partial charge in [-0.1, -0.05) is 6.07 Å². The zero-order valence-electron chi connectivity index (χ0n) is 10.6. The Morgan fingerprint density at radius 3 is 2.89 bits per heavy atom. The number of hydrogen-bond donors (Lipinski definition) is 1. The van der Waals surface area contributed by atoms with Crippen molar-refractivity contribution in [2.45, 2.75) is 30.9 Å². The third-order valence-corrected chi connectivity index (χ3v) is 4.93. The molecular formula is C14H19NO2S. The molecule has 1 spiro atoms. The molecule has 0 saturated carbocycles. The molecule has 0 unspecified atom stereocenters. The summed E-state index contributed by atoms with van der Waals surface area (Å²) in [5, 5.41) is 0. The van der Waals surface area contributed by atoms with Crippen LogP contribution >= 0.6 is 11.8 Å². The van der Waals surface area contributed by atoms with Crippen molar-refractivity contribution < 1.29 is 9.47 Å². The Bertz CT molecular complexity index is 443. The largest absolute Gasteiger partial charge is 0.497 e. The number of ether oxygens (including phenoxy) is 2. The van der Waals surface area contributed by atoms with Crippen LogP contribution in [0.4, 0.5) is 0 Å². The summed E-state index contributed by atoms with van der Waals surface area (Å²) < 4.78 is 11.6. The van der Waals surface area contributed by atoms with Crippen LogP contribution in [0.1, 0.15) is 30.9 Å². The highest BCUT2D eigenvalue weighted by Gasteiger charge is 2.40. The van der Waals surface area contributed by atoms with Gasteiger partial charge >= 0.3 is 0 Å². The van der Waals surface area contributed by atoms with Crippen molar-refractivity contribution in [2.75, 3.05) is 18.6 Å². The van der Waals surface area contributed by atoms with Crippen LogP contribution in [0.15, 0.2) is 18.2 Å². The predicted molar refractivity (Wildman–Crippen MR) is 74.5 cm³/mol. The highest BCUT2D eigenvalue weighted by Crippen LogP contribution is 2.45. The van der Waals surface area contributed by atoms with Crippen molar-refractivity contribution in [3.63, 3.8) is 0 Å². The number of rotatable bonds is 1. The molecule has 1 atom stereocenters. The van der Waals surface area contributed by atoms with E-state index < -0.39 is 0 Å². The first-order valence-electron chi connectivity index (χ1n) is 6.43. The molecule has 3 nitrogen and oxygen atoms in total.